The second-order valence-corrected chi connectivity index (χ2v) is 5.84. The van der Waals surface area contributed by atoms with E-state index in [-0.39, 0.29) is 16.4 Å². The molecule has 26 heavy (non-hydrogen) atoms. The van der Waals surface area contributed by atoms with Crippen LogP contribution in [0.3, 0.4) is 0 Å². The molecule has 136 valence electrons. The monoisotopic (exact) mass is 380 g/mol. The van der Waals surface area contributed by atoms with E-state index >= 15 is 0 Å². The number of hydrogen-bond acceptors (Lipinski definition) is 5. The molecule has 1 N–H and O–H groups in total. The number of rotatable bonds is 5. The lowest BCUT2D eigenvalue weighted by Crippen LogP contribution is -2.22. The number of esters is 1. The third kappa shape index (κ3) is 4.34. The van der Waals surface area contributed by atoms with Crippen molar-refractivity contribution < 1.29 is 23.6 Å². The Hall–Kier alpha value is -3.00. The summed E-state index contributed by atoms with van der Waals surface area (Å²) < 4.78 is 18.4. The number of carbonyl (C=O) groups excluding carboxylic acids is 2. The Morgan fingerprint density at radius 2 is 1.92 bits per heavy atom. The Kier molecular flexibility index (Phi) is 5.89. The summed E-state index contributed by atoms with van der Waals surface area (Å²) in [4.78, 5) is 34.3. The molecular weight excluding hydrogens is 367 g/mol. The molecule has 2 aromatic rings. The van der Waals surface area contributed by atoms with Crippen LogP contribution in [0.5, 0.6) is 0 Å². The van der Waals surface area contributed by atoms with Gasteiger partial charge in [0.2, 0.25) is 0 Å². The molecule has 0 unspecified atom stereocenters. The number of amides is 1. The molecule has 1 amide bonds. The summed E-state index contributed by atoms with van der Waals surface area (Å²) >= 11 is 5.74. The molecule has 0 bridgehead atoms. The van der Waals surface area contributed by atoms with E-state index in [4.69, 9.17) is 16.3 Å². The van der Waals surface area contributed by atoms with Gasteiger partial charge < -0.3 is 10.1 Å². The predicted octanol–water partition coefficient (Wildman–Crippen LogP) is 3.80. The molecule has 2 aromatic carbocycles. The zero-order valence-corrected chi connectivity index (χ0v) is 14.6. The highest BCUT2D eigenvalue weighted by molar-refractivity contribution is 6.33. The first-order valence-corrected chi connectivity index (χ1v) is 7.75. The number of nitro benzene ring substituents is 1. The minimum atomic E-state index is -1.11. The molecule has 0 spiro atoms. The van der Waals surface area contributed by atoms with E-state index in [1.165, 1.54) is 24.3 Å². The molecule has 9 heteroatoms. The molecule has 0 aromatic heterocycles. The number of nitrogens with one attached hydrogen (secondary N) is 1. The lowest BCUT2D eigenvalue weighted by Gasteiger charge is -2.10. The van der Waals surface area contributed by atoms with Crippen LogP contribution in [-0.2, 0) is 9.53 Å². The Morgan fingerprint density at radius 3 is 2.54 bits per heavy atom. The number of nitrogens with zero attached hydrogens (tertiary/aromatic N) is 1. The van der Waals surface area contributed by atoms with Crippen LogP contribution in [0.2, 0.25) is 5.02 Å². The molecule has 0 aliphatic heterocycles. The smallest absolute Gasteiger partial charge is 0.343 e. The number of carbonyl (C=O) groups is 2. The van der Waals surface area contributed by atoms with E-state index in [9.17, 15) is 24.1 Å². The van der Waals surface area contributed by atoms with Crippen LogP contribution in [0.25, 0.3) is 0 Å². The normalized spacial score (nSPS) is 10.3. The number of anilines is 1. The molecule has 7 nitrogen and oxygen atoms in total. The van der Waals surface area contributed by atoms with Crippen LogP contribution < -0.4 is 5.32 Å². The summed E-state index contributed by atoms with van der Waals surface area (Å²) in [6.45, 7) is 2.68. The van der Waals surface area contributed by atoms with Gasteiger partial charge in [-0.05, 0) is 43.2 Å². The molecule has 2 rings (SSSR count). The quantitative estimate of drug-likeness (QED) is 0.483. The Morgan fingerprint density at radius 1 is 1.27 bits per heavy atom. The number of aryl methyl sites for hydroxylation is 2. The Labute approximate surface area is 152 Å². The fourth-order valence-corrected chi connectivity index (χ4v) is 2.37. The number of halogens is 2. The molecule has 0 heterocycles. The minimum Gasteiger partial charge on any atom is -0.452 e. The summed E-state index contributed by atoms with van der Waals surface area (Å²) in [7, 11) is 0. The average molecular weight is 381 g/mol. The van der Waals surface area contributed by atoms with Crippen molar-refractivity contribution in [2.75, 3.05) is 11.9 Å². The van der Waals surface area contributed by atoms with Gasteiger partial charge in [0, 0.05) is 6.07 Å². The predicted molar refractivity (Wildman–Crippen MR) is 92.9 cm³/mol. The van der Waals surface area contributed by atoms with E-state index in [0.29, 0.717) is 5.56 Å². The molecule has 0 aliphatic rings. The van der Waals surface area contributed by atoms with Gasteiger partial charge in [-0.25, -0.2) is 9.18 Å². The molecule has 0 fully saturated rings. The lowest BCUT2D eigenvalue weighted by molar-refractivity contribution is -0.384. The summed E-state index contributed by atoms with van der Waals surface area (Å²) in [6, 6.07) is 6.43. The molecule has 0 aliphatic carbocycles. The zero-order valence-electron chi connectivity index (χ0n) is 13.8. The second kappa shape index (κ2) is 7.92. The van der Waals surface area contributed by atoms with E-state index in [0.717, 1.165) is 11.6 Å². The molecule has 0 saturated carbocycles. The zero-order chi connectivity index (χ0) is 19.4. The topological polar surface area (TPSA) is 98.5 Å². The summed E-state index contributed by atoms with van der Waals surface area (Å²) in [6.07, 6.45) is 0. The summed E-state index contributed by atoms with van der Waals surface area (Å²) in [5, 5.41) is 13.3. The van der Waals surface area contributed by atoms with Crippen LogP contribution in [-0.4, -0.2) is 23.4 Å². The van der Waals surface area contributed by atoms with Gasteiger partial charge in [-0.2, -0.15) is 0 Å². The van der Waals surface area contributed by atoms with Gasteiger partial charge in [0.05, 0.1) is 9.95 Å². The van der Waals surface area contributed by atoms with Crippen molar-refractivity contribution in [3.63, 3.8) is 0 Å². The highest BCUT2D eigenvalue weighted by Gasteiger charge is 2.21. The third-order valence-electron chi connectivity index (χ3n) is 3.58. The van der Waals surface area contributed by atoms with Crippen LogP contribution in [0.15, 0.2) is 30.3 Å². The van der Waals surface area contributed by atoms with Gasteiger partial charge >= 0.3 is 5.97 Å². The molecule has 0 radical (unpaired) electrons. The van der Waals surface area contributed by atoms with Crippen molar-refractivity contribution >= 4 is 34.9 Å². The Balaban J connectivity index is 2.09. The van der Waals surface area contributed by atoms with Gasteiger partial charge in [0.15, 0.2) is 6.61 Å². The van der Waals surface area contributed by atoms with E-state index in [1.54, 1.807) is 13.8 Å². The van der Waals surface area contributed by atoms with E-state index in [1.807, 2.05) is 0 Å². The van der Waals surface area contributed by atoms with Crippen molar-refractivity contribution in [2.24, 2.45) is 0 Å². The second-order valence-electron chi connectivity index (χ2n) is 5.43. The molecular formula is C17H14ClFN2O5. The Bertz CT molecular complexity index is 881. The first kappa shape index (κ1) is 19.3. The maximum absolute atomic E-state index is 13.6. The van der Waals surface area contributed by atoms with E-state index in [2.05, 4.69) is 5.32 Å². The molecule has 0 saturated heterocycles. The van der Waals surface area contributed by atoms with Gasteiger partial charge in [0.1, 0.15) is 17.1 Å². The SMILES string of the molecule is Cc1cc(NC(=O)COC(=O)c2c(F)cccc2Cl)c([N+](=O)[O-])cc1C. The first-order chi connectivity index (χ1) is 12.2. The fraction of sp³-hybridized carbons (Fsp3) is 0.176. The average Bonchev–Trinajstić information content (AvgIpc) is 2.55. The highest BCUT2D eigenvalue weighted by Crippen LogP contribution is 2.28. The largest absolute Gasteiger partial charge is 0.452 e. The number of hydrogen-bond donors (Lipinski definition) is 1. The van der Waals surface area contributed by atoms with Gasteiger partial charge in [0.25, 0.3) is 11.6 Å². The molecule has 0 atom stereocenters. The number of nitro groups is 1. The fourth-order valence-electron chi connectivity index (χ4n) is 2.13. The van der Waals surface area contributed by atoms with Gasteiger partial charge in [-0.15, -0.1) is 0 Å². The minimum absolute atomic E-state index is 0.0249. The van der Waals surface area contributed by atoms with Crippen LogP contribution >= 0.6 is 11.6 Å². The number of ether oxygens (including phenoxy) is 1. The third-order valence-corrected chi connectivity index (χ3v) is 3.90. The maximum Gasteiger partial charge on any atom is 0.343 e. The van der Waals surface area contributed by atoms with Crippen molar-refractivity contribution in [3.05, 3.63) is 68.0 Å². The van der Waals surface area contributed by atoms with Crippen molar-refractivity contribution in [1.82, 2.24) is 0 Å². The van der Waals surface area contributed by atoms with Crippen molar-refractivity contribution in [3.8, 4) is 0 Å². The highest BCUT2D eigenvalue weighted by atomic mass is 35.5. The van der Waals surface area contributed by atoms with Crippen LogP contribution in [0.1, 0.15) is 21.5 Å². The van der Waals surface area contributed by atoms with Crippen molar-refractivity contribution in [2.45, 2.75) is 13.8 Å². The van der Waals surface area contributed by atoms with Crippen LogP contribution in [0.4, 0.5) is 15.8 Å². The van der Waals surface area contributed by atoms with E-state index < -0.39 is 34.8 Å². The van der Waals surface area contributed by atoms with Crippen molar-refractivity contribution in [1.29, 1.82) is 0 Å². The maximum atomic E-state index is 13.6. The summed E-state index contributed by atoms with van der Waals surface area (Å²) in [5.74, 6) is -2.80. The standard InChI is InChI=1S/C17H14ClFN2O5/c1-9-6-13(14(21(24)25)7-10(9)2)20-15(22)8-26-17(23)16-11(18)4-3-5-12(16)19/h3-7H,8H2,1-2H3,(H,20,22). The van der Waals surface area contributed by atoms with Crippen LogP contribution in [0, 0.1) is 29.8 Å². The first-order valence-electron chi connectivity index (χ1n) is 7.37. The summed E-state index contributed by atoms with van der Waals surface area (Å²) in [5.41, 5.74) is 0.628. The van der Waals surface area contributed by atoms with Gasteiger partial charge in [-0.1, -0.05) is 17.7 Å². The van der Waals surface area contributed by atoms with Gasteiger partial charge in [-0.3, -0.25) is 14.9 Å². The lowest BCUT2D eigenvalue weighted by atomic mass is 10.1. The number of benzene rings is 2.